The first-order valence-electron chi connectivity index (χ1n) is 6.51. The minimum absolute atomic E-state index is 0.0347. The lowest BCUT2D eigenvalue weighted by atomic mass is 10.1. The second-order valence-electron chi connectivity index (χ2n) is 4.93. The molecular weight excluding hydrogens is 252 g/mol. The summed E-state index contributed by atoms with van der Waals surface area (Å²) < 4.78 is 0. The van der Waals surface area contributed by atoms with Crippen LogP contribution in [-0.4, -0.2) is 21.1 Å². The third kappa shape index (κ3) is 2.30. The van der Waals surface area contributed by atoms with E-state index in [2.05, 4.69) is 20.5 Å². The van der Waals surface area contributed by atoms with Gasteiger partial charge in [0.1, 0.15) is 0 Å². The van der Waals surface area contributed by atoms with Crippen molar-refractivity contribution in [2.75, 3.05) is 5.32 Å². The van der Waals surface area contributed by atoms with Crippen LogP contribution in [-0.2, 0) is 11.2 Å². The number of amides is 1. The lowest BCUT2D eigenvalue weighted by molar-refractivity contribution is -0.115. The van der Waals surface area contributed by atoms with Crippen molar-refractivity contribution in [1.82, 2.24) is 15.2 Å². The van der Waals surface area contributed by atoms with E-state index < -0.39 is 0 Å². The fourth-order valence-electron chi connectivity index (χ4n) is 2.32. The van der Waals surface area contributed by atoms with Crippen molar-refractivity contribution >= 4 is 22.5 Å². The molecule has 0 radical (unpaired) electrons. The Labute approximate surface area is 116 Å². The Balaban J connectivity index is 1.75. The van der Waals surface area contributed by atoms with E-state index in [1.54, 1.807) is 0 Å². The fourth-order valence-corrected chi connectivity index (χ4v) is 2.32. The predicted octanol–water partition coefficient (Wildman–Crippen LogP) is 2.69. The van der Waals surface area contributed by atoms with Gasteiger partial charge in [0, 0.05) is 11.7 Å². The maximum Gasteiger partial charge on any atom is 0.228 e. The highest BCUT2D eigenvalue weighted by atomic mass is 16.1. The molecule has 0 saturated carbocycles. The zero-order chi connectivity index (χ0) is 14.1. The number of rotatable bonds is 3. The number of aromatic nitrogens is 3. The number of H-pyrrole nitrogens is 2. The molecular formula is C15H16N4O. The Morgan fingerprint density at radius 2 is 2.15 bits per heavy atom. The Morgan fingerprint density at radius 1 is 1.30 bits per heavy atom. The zero-order valence-corrected chi connectivity index (χ0v) is 11.4. The van der Waals surface area contributed by atoms with Crippen molar-refractivity contribution in [3.63, 3.8) is 0 Å². The van der Waals surface area contributed by atoms with Crippen LogP contribution in [0.15, 0.2) is 30.5 Å². The number of nitrogens with zero attached hydrogens (tertiary/aromatic N) is 1. The van der Waals surface area contributed by atoms with E-state index in [0.717, 1.165) is 33.5 Å². The number of aromatic amines is 2. The summed E-state index contributed by atoms with van der Waals surface area (Å²) in [6.45, 7) is 3.76. The molecule has 0 atom stereocenters. The van der Waals surface area contributed by atoms with Gasteiger partial charge in [-0.05, 0) is 43.0 Å². The third-order valence-corrected chi connectivity index (χ3v) is 3.37. The van der Waals surface area contributed by atoms with E-state index in [1.807, 2.05) is 44.3 Å². The molecule has 0 aliphatic carbocycles. The van der Waals surface area contributed by atoms with Crippen LogP contribution >= 0.6 is 0 Å². The van der Waals surface area contributed by atoms with Crippen molar-refractivity contribution in [3.05, 3.63) is 47.4 Å². The largest absolute Gasteiger partial charge is 0.361 e. The van der Waals surface area contributed by atoms with Crippen molar-refractivity contribution in [2.45, 2.75) is 20.3 Å². The van der Waals surface area contributed by atoms with Crippen LogP contribution in [0, 0.1) is 13.8 Å². The minimum atomic E-state index is -0.0347. The highest BCUT2D eigenvalue weighted by Gasteiger charge is 2.11. The molecule has 2 aromatic heterocycles. The molecule has 5 heteroatoms. The molecule has 2 heterocycles. The van der Waals surface area contributed by atoms with Gasteiger partial charge in [-0.1, -0.05) is 6.07 Å². The van der Waals surface area contributed by atoms with Gasteiger partial charge in [0.2, 0.25) is 5.91 Å². The van der Waals surface area contributed by atoms with Crippen LogP contribution in [0.5, 0.6) is 0 Å². The molecule has 1 aromatic carbocycles. The molecule has 3 N–H and O–H groups in total. The molecule has 5 nitrogen and oxygen atoms in total. The number of anilines is 1. The molecule has 3 aromatic rings. The summed E-state index contributed by atoms with van der Waals surface area (Å²) >= 11 is 0. The van der Waals surface area contributed by atoms with Crippen LogP contribution in [0.2, 0.25) is 0 Å². The Hall–Kier alpha value is -2.56. The van der Waals surface area contributed by atoms with E-state index in [9.17, 15) is 4.79 Å². The summed E-state index contributed by atoms with van der Waals surface area (Å²) in [7, 11) is 0. The summed E-state index contributed by atoms with van der Waals surface area (Å²) in [6.07, 6.45) is 2.25. The third-order valence-electron chi connectivity index (χ3n) is 3.37. The van der Waals surface area contributed by atoms with Gasteiger partial charge < -0.3 is 10.3 Å². The van der Waals surface area contributed by atoms with Gasteiger partial charge in [0.05, 0.1) is 23.5 Å². The predicted molar refractivity (Wildman–Crippen MR) is 78.7 cm³/mol. The molecule has 0 aliphatic heterocycles. The Kier molecular flexibility index (Phi) is 3.02. The molecule has 0 saturated heterocycles. The molecule has 0 unspecified atom stereocenters. The number of carbonyl (C=O) groups is 1. The van der Waals surface area contributed by atoms with E-state index in [-0.39, 0.29) is 5.91 Å². The number of fused-ring (bicyclic) bond motifs is 1. The number of carbonyl (C=O) groups excluding carboxylic acids is 1. The van der Waals surface area contributed by atoms with E-state index in [1.165, 1.54) is 0 Å². The van der Waals surface area contributed by atoms with Crippen molar-refractivity contribution in [3.8, 4) is 0 Å². The van der Waals surface area contributed by atoms with Crippen molar-refractivity contribution < 1.29 is 4.79 Å². The Morgan fingerprint density at radius 3 is 2.90 bits per heavy atom. The number of benzene rings is 1. The van der Waals surface area contributed by atoms with Crippen LogP contribution in [0.1, 0.15) is 17.0 Å². The summed E-state index contributed by atoms with van der Waals surface area (Å²) in [4.78, 5) is 15.2. The van der Waals surface area contributed by atoms with Crippen LogP contribution < -0.4 is 5.32 Å². The van der Waals surface area contributed by atoms with Gasteiger partial charge in [0.15, 0.2) is 0 Å². The molecule has 102 valence electrons. The van der Waals surface area contributed by atoms with E-state index >= 15 is 0 Å². The maximum atomic E-state index is 12.1. The smallest absolute Gasteiger partial charge is 0.228 e. The van der Waals surface area contributed by atoms with Gasteiger partial charge in [0.25, 0.3) is 0 Å². The van der Waals surface area contributed by atoms with Gasteiger partial charge in [-0.15, -0.1) is 0 Å². The van der Waals surface area contributed by atoms with E-state index in [0.29, 0.717) is 6.42 Å². The van der Waals surface area contributed by atoms with E-state index in [4.69, 9.17) is 0 Å². The number of hydrogen-bond donors (Lipinski definition) is 3. The van der Waals surface area contributed by atoms with Crippen molar-refractivity contribution in [2.24, 2.45) is 0 Å². The normalized spacial score (nSPS) is 10.9. The molecule has 20 heavy (non-hydrogen) atoms. The van der Waals surface area contributed by atoms with Crippen LogP contribution in [0.3, 0.4) is 0 Å². The first kappa shape index (κ1) is 12.5. The lowest BCUT2D eigenvalue weighted by Gasteiger charge is -2.05. The quantitative estimate of drug-likeness (QED) is 0.683. The van der Waals surface area contributed by atoms with Crippen LogP contribution in [0.25, 0.3) is 10.9 Å². The van der Waals surface area contributed by atoms with Gasteiger partial charge in [-0.25, -0.2) is 0 Å². The monoisotopic (exact) mass is 268 g/mol. The molecule has 0 spiro atoms. The average molecular weight is 268 g/mol. The van der Waals surface area contributed by atoms with Crippen LogP contribution in [0.4, 0.5) is 5.69 Å². The topological polar surface area (TPSA) is 73.6 Å². The number of aryl methyl sites for hydroxylation is 2. The zero-order valence-electron chi connectivity index (χ0n) is 11.4. The second-order valence-corrected chi connectivity index (χ2v) is 4.93. The maximum absolute atomic E-state index is 12.1. The standard InChI is InChI=1S/C15H16N4O/c1-9-15(10(2)19-18-9)17-14(20)8-11-3-4-13-12(7-11)5-6-16-13/h3-7,16H,8H2,1-2H3,(H,17,20)(H,18,19). The second kappa shape index (κ2) is 4.85. The van der Waals surface area contributed by atoms with Crippen molar-refractivity contribution in [1.29, 1.82) is 0 Å². The first-order valence-corrected chi connectivity index (χ1v) is 6.51. The summed E-state index contributed by atoms with van der Waals surface area (Å²) in [5, 5.41) is 10.9. The summed E-state index contributed by atoms with van der Waals surface area (Å²) in [5.41, 5.74) is 4.52. The Bertz CT molecular complexity index is 750. The molecule has 3 rings (SSSR count). The first-order chi connectivity index (χ1) is 9.63. The molecule has 0 aliphatic rings. The molecule has 0 fully saturated rings. The number of hydrogen-bond acceptors (Lipinski definition) is 2. The average Bonchev–Trinajstić information content (AvgIpc) is 3.00. The molecule has 0 bridgehead atoms. The summed E-state index contributed by atoms with van der Waals surface area (Å²) in [5.74, 6) is -0.0347. The van der Waals surface area contributed by atoms with Gasteiger partial charge in [-0.3, -0.25) is 9.89 Å². The molecule has 1 amide bonds. The lowest BCUT2D eigenvalue weighted by Crippen LogP contribution is -2.15. The fraction of sp³-hybridized carbons (Fsp3) is 0.200. The van der Waals surface area contributed by atoms with Gasteiger partial charge >= 0.3 is 0 Å². The highest BCUT2D eigenvalue weighted by molar-refractivity contribution is 5.94. The summed E-state index contributed by atoms with van der Waals surface area (Å²) in [6, 6.07) is 7.99. The highest BCUT2D eigenvalue weighted by Crippen LogP contribution is 2.18. The minimum Gasteiger partial charge on any atom is -0.361 e. The van der Waals surface area contributed by atoms with Gasteiger partial charge in [-0.2, -0.15) is 5.10 Å². The number of nitrogens with one attached hydrogen (secondary N) is 3. The SMILES string of the molecule is Cc1n[nH]c(C)c1NC(=O)Cc1ccc2[nH]ccc2c1.